The molecule has 1 aliphatic carbocycles. The molecular weight excluding hydrogens is 310 g/mol. The van der Waals surface area contributed by atoms with Gasteiger partial charge in [0.15, 0.2) is 0 Å². The summed E-state index contributed by atoms with van der Waals surface area (Å²) >= 11 is 1.63. The van der Waals surface area contributed by atoms with Crippen LogP contribution in [0, 0.1) is 5.92 Å². The second kappa shape index (κ2) is 7.90. The number of amides is 2. The topological polar surface area (TPSA) is 71.1 Å². The van der Waals surface area contributed by atoms with Gasteiger partial charge in [-0.1, -0.05) is 26.7 Å². The zero-order valence-corrected chi connectivity index (χ0v) is 15.2. The smallest absolute Gasteiger partial charge is 0.243 e. The van der Waals surface area contributed by atoms with Crippen molar-refractivity contribution in [2.24, 2.45) is 5.92 Å². The molecule has 0 aliphatic heterocycles. The van der Waals surface area contributed by atoms with E-state index < -0.39 is 6.04 Å². The lowest BCUT2D eigenvalue weighted by Gasteiger charge is -2.25. The molecule has 2 rings (SSSR count). The van der Waals surface area contributed by atoms with Gasteiger partial charge in [-0.05, 0) is 25.7 Å². The zero-order valence-electron chi connectivity index (χ0n) is 14.4. The van der Waals surface area contributed by atoms with Crippen molar-refractivity contribution in [3.05, 3.63) is 16.1 Å². The van der Waals surface area contributed by atoms with Crippen molar-refractivity contribution in [1.29, 1.82) is 0 Å². The Labute approximate surface area is 142 Å². The summed E-state index contributed by atoms with van der Waals surface area (Å²) in [5.41, 5.74) is 0.889. The summed E-state index contributed by atoms with van der Waals surface area (Å²) < 4.78 is 0. The van der Waals surface area contributed by atoms with Crippen LogP contribution in [0.2, 0.25) is 0 Å². The standard InChI is InChI=1S/C17H27N3O2S/c1-10(2)17-20-14(9-23-17)11(3)18-16(22)15(19-12(4)21)13-7-5-6-8-13/h9-11,13,15H,5-8H2,1-4H3,(H,18,22)(H,19,21). The second-order valence-electron chi connectivity index (χ2n) is 6.72. The van der Waals surface area contributed by atoms with Gasteiger partial charge >= 0.3 is 0 Å². The lowest BCUT2D eigenvalue weighted by molar-refractivity contribution is -0.129. The quantitative estimate of drug-likeness (QED) is 0.838. The van der Waals surface area contributed by atoms with E-state index >= 15 is 0 Å². The fraction of sp³-hybridized carbons (Fsp3) is 0.706. The largest absolute Gasteiger partial charge is 0.346 e. The first-order chi connectivity index (χ1) is 10.9. The van der Waals surface area contributed by atoms with E-state index in [-0.39, 0.29) is 23.8 Å². The Kier molecular flexibility index (Phi) is 6.16. The van der Waals surface area contributed by atoms with Gasteiger partial charge in [0.1, 0.15) is 6.04 Å². The molecule has 1 fully saturated rings. The van der Waals surface area contributed by atoms with E-state index in [0.717, 1.165) is 36.4 Å². The molecule has 6 heteroatoms. The second-order valence-corrected chi connectivity index (χ2v) is 7.61. The van der Waals surface area contributed by atoms with Crippen LogP contribution in [0.1, 0.15) is 76.0 Å². The van der Waals surface area contributed by atoms with Crippen molar-refractivity contribution in [3.8, 4) is 0 Å². The number of aromatic nitrogens is 1. The van der Waals surface area contributed by atoms with Gasteiger partial charge < -0.3 is 10.6 Å². The summed E-state index contributed by atoms with van der Waals surface area (Å²) in [6, 6.07) is -0.579. The summed E-state index contributed by atoms with van der Waals surface area (Å²) in [7, 11) is 0. The third-order valence-electron chi connectivity index (χ3n) is 4.35. The van der Waals surface area contributed by atoms with Gasteiger partial charge in [0.05, 0.1) is 16.7 Å². The number of carbonyl (C=O) groups is 2. The molecule has 0 radical (unpaired) electrons. The SMILES string of the molecule is CC(=O)NC(C(=O)NC(C)c1csc(C(C)C)n1)C1CCCC1. The molecule has 1 saturated carbocycles. The highest BCUT2D eigenvalue weighted by Gasteiger charge is 2.32. The molecule has 128 valence electrons. The molecule has 2 amide bonds. The van der Waals surface area contributed by atoms with Crippen molar-refractivity contribution < 1.29 is 9.59 Å². The highest BCUT2D eigenvalue weighted by molar-refractivity contribution is 7.09. The zero-order chi connectivity index (χ0) is 17.0. The van der Waals surface area contributed by atoms with Gasteiger partial charge in [-0.3, -0.25) is 9.59 Å². The van der Waals surface area contributed by atoms with Crippen LogP contribution >= 0.6 is 11.3 Å². The third-order valence-corrected chi connectivity index (χ3v) is 5.51. The van der Waals surface area contributed by atoms with Gasteiger partial charge in [-0.25, -0.2) is 4.98 Å². The molecular formula is C17H27N3O2S. The molecule has 23 heavy (non-hydrogen) atoms. The monoisotopic (exact) mass is 337 g/mol. The number of rotatable bonds is 6. The van der Waals surface area contributed by atoms with Gasteiger partial charge in [0.2, 0.25) is 11.8 Å². The molecule has 0 spiro atoms. The van der Waals surface area contributed by atoms with Gasteiger partial charge in [0, 0.05) is 18.2 Å². The van der Waals surface area contributed by atoms with Crippen LogP contribution in [0.4, 0.5) is 0 Å². The number of nitrogens with one attached hydrogen (secondary N) is 2. The molecule has 1 aliphatic rings. The van der Waals surface area contributed by atoms with Crippen LogP contribution in [0.15, 0.2) is 5.38 Å². The van der Waals surface area contributed by atoms with Crippen molar-refractivity contribution in [3.63, 3.8) is 0 Å². The molecule has 1 aromatic heterocycles. The highest BCUT2D eigenvalue weighted by atomic mass is 32.1. The van der Waals surface area contributed by atoms with Gasteiger partial charge in [-0.15, -0.1) is 11.3 Å². The van der Waals surface area contributed by atoms with Crippen molar-refractivity contribution >= 4 is 23.2 Å². The Bertz CT molecular complexity index is 550. The van der Waals surface area contributed by atoms with Crippen LogP contribution in [0.25, 0.3) is 0 Å². The molecule has 1 heterocycles. The summed E-state index contributed by atoms with van der Waals surface area (Å²) in [4.78, 5) is 28.7. The maximum absolute atomic E-state index is 12.6. The number of nitrogens with zero attached hydrogens (tertiary/aromatic N) is 1. The van der Waals surface area contributed by atoms with Crippen LogP contribution in [0.3, 0.4) is 0 Å². The van der Waals surface area contributed by atoms with Crippen LogP contribution in [0.5, 0.6) is 0 Å². The van der Waals surface area contributed by atoms with E-state index in [1.165, 1.54) is 6.92 Å². The molecule has 2 N–H and O–H groups in total. The average Bonchev–Trinajstić information content (AvgIpc) is 3.15. The summed E-state index contributed by atoms with van der Waals surface area (Å²) in [5.74, 6) is 0.383. The fourth-order valence-corrected chi connectivity index (χ4v) is 3.98. The van der Waals surface area contributed by atoms with Crippen LogP contribution in [-0.4, -0.2) is 22.8 Å². The Balaban J connectivity index is 2.02. The summed E-state index contributed by atoms with van der Waals surface area (Å²) in [5, 5.41) is 8.94. The molecule has 2 unspecified atom stereocenters. The number of hydrogen-bond donors (Lipinski definition) is 2. The fourth-order valence-electron chi connectivity index (χ4n) is 3.05. The molecule has 2 atom stereocenters. The van der Waals surface area contributed by atoms with Crippen molar-refractivity contribution in [2.45, 2.75) is 71.4 Å². The Morgan fingerprint density at radius 2 is 1.87 bits per heavy atom. The van der Waals surface area contributed by atoms with E-state index in [0.29, 0.717) is 5.92 Å². The summed E-state index contributed by atoms with van der Waals surface area (Å²) in [6.07, 6.45) is 4.27. The lowest BCUT2D eigenvalue weighted by atomic mass is 9.97. The predicted molar refractivity (Wildman–Crippen MR) is 92.3 cm³/mol. The molecule has 0 bridgehead atoms. The minimum absolute atomic E-state index is 0.0984. The molecule has 0 aromatic carbocycles. The first-order valence-electron chi connectivity index (χ1n) is 8.41. The average molecular weight is 337 g/mol. The Morgan fingerprint density at radius 1 is 1.22 bits per heavy atom. The van der Waals surface area contributed by atoms with E-state index in [1.54, 1.807) is 11.3 Å². The van der Waals surface area contributed by atoms with E-state index in [1.807, 2.05) is 12.3 Å². The van der Waals surface area contributed by atoms with Crippen molar-refractivity contribution in [2.75, 3.05) is 0 Å². The first kappa shape index (κ1) is 17.9. The number of thiazole rings is 1. The first-order valence-corrected chi connectivity index (χ1v) is 9.29. The van der Waals surface area contributed by atoms with Gasteiger partial charge in [0.25, 0.3) is 0 Å². The molecule has 0 saturated heterocycles. The Morgan fingerprint density at radius 3 is 2.39 bits per heavy atom. The normalized spacial score (nSPS) is 18.0. The van der Waals surface area contributed by atoms with Gasteiger partial charge in [-0.2, -0.15) is 0 Å². The number of carbonyl (C=O) groups excluding carboxylic acids is 2. The Hall–Kier alpha value is -1.43. The number of hydrogen-bond acceptors (Lipinski definition) is 4. The maximum Gasteiger partial charge on any atom is 0.243 e. The molecule has 5 nitrogen and oxygen atoms in total. The minimum Gasteiger partial charge on any atom is -0.346 e. The maximum atomic E-state index is 12.6. The highest BCUT2D eigenvalue weighted by Crippen LogP contribution is 2.28. The summed E-state index contributed by atoms with van der Waals surface area (Å²) in [6.45, 7) is 7.63. The van der Waals surface area contributed by atoms with E-state index in [9.17, 15) is 9.59 Å². The third kappa shape index (κ3) is 4.77. The van der Waals surface area contributed by atoms with Crippen molar-refractivity contribution in [1.82, 2.24) is 15.6 Å². The lowest BCUT2D eigenvalue weighted by Crippen LogP contribution is -2.50. The van der Waals surface area contributed by atoms with Crippen LogP contribution < -0.4 is 10.6 Å². The van der Waals surface area contributed by atoms with E-state index in [2.05, 4.69) is 29.5 Å². The predicted octanol–water partition coefficient (Wildman–Crippen LogP) is 3.14. The molecule has 1 aromatic rings. The minimum atomic E-state index is -0.430. The van der Waals surface area contributed by atoms with E-state index in [4.69, 9.17) is 0 Å². The van der Waals surface area contributed by atoms with Crippen LogP contribution in [-0.2, 0) is 9.59 Å².